The molecule has 0 amide bonds. The molecular formula is C14H21FN2O2. The molecule has 0 radical (unpaired) electrons. The number of piperazine rings is 1. The van der Waals surface area contributed by atoms with Crippen molar-refractivity contribution < 1.29 is 13.9 Å². The van der Waals surface area contributed by atoms with E-state index < -0.39 is 0 Å². The minimum Gasteiger partial charge on any atom is -0.496 e. The molecule has 0 aromatic heterocycles. The lowest BCUT2D eigenvalue weighted by Gasteiger charge is -2.27. The van der Waals surface area contributed by atoms with Crippen molar-refractivity contribution in [3.8, 4) is 11.5 Å². The second kappa shape index (κ2) is 6.73. The number of halogens is 1. The van der Waals surface area contributed by atoms with Crippen molar-refractivity contribution in [3.05, 3.63) is 23.5 Å². The molecule has 0 atom stereocenters. The zero-order valence-electron chi connectivity index (χ0n) is 11.5. The molecule has 0 saturated carbocycles. The van der Waals surface area contributed by atoms with Crippen molar-refractivity contribution in [1.29, 1.82) is 0 Å². The van der Waals surface area contributed by atoms with E-state index in [-0.39, 0.29) is 11.6 Å². The van der Waals surface area contributed by atoms with E-state index in [2.05, 4.69) is 10.2 Å². The van der Waals surface area contributed by atoms with Crippen LogP contribution in [0, 0.1) is 5.82 Å². The fourth-order valence-corrected chi connectivity index (χ4v) is 2.33. The number of hydrogen-bond donors (Lipinski definition) is 1. The van der Waals surface area contributed by atoms with Crippen molar-refractivity contribution in [1.82, 2.24) is 10.2 Å². The standard InChI is InChI=1S/C14H21FN2O2/c1-18-13-10-14(19-2)12(15)9-11(13)3-6-17-7-4-16-5-8-17/h9-10,16H,3-8H2,1-2H3. The second-order valence-electron chi connectivity index (χ2n) is 4.64. The zero-order valence-corrected chi connectivity index (χ0v) is 11.5. The topological polar surface area (TPSA) is 33.7 Å². The summed E-state index contributed by atoms with van der Waals surface area (Å²) in [4.78, 5) is 2.37. The molecule has 1 heterocycles. The number of methoxy groups -OCH3 is 2. The first-order valence-electron chi connectivity index (χ1n) is 6.58. The first-order chi connectivity index (χ1) is 9.24. The monoisotopic (exact) mass is 268 g/mol. The van der Waals surface area contributed by atoms with E-state index >= 15 is 0 Å². The van der Waals surface area contributed by atoms with Gasteiger partial charge in [-0.2, -0.15) is 0 Å². The first kappa shape index (κ1) is 14.1. The average Bonchev–Trinajstić information content (AvgIpc) is 2.46. The maximum absolute atomic E-state index is 13.7. The van der Waals surface area contributed by atoms with Gasteiger partial charge in [-0.1, -0.05) is 0 Å². The van der Waals surface area contributed by atoms with Crippen LogP contribution in [0.25, 0.3) is 0 Å². The number of benzene rings is 1. The molecule has 2 rings (SSSR count). The third-order valence-electron chi connectivity index (χ3n) is 3.46. The molecule has 0 bridgehead atoms. The van der Waals surface area contributed by atoms with Gasteiger partial charge in [0.2, 0.25) is 0 Å². The van der Waals surface area contributed by atoms with E-state index in [1.165, 1.54) is 13.2 Å². The lowest BCUT2D eigenvalue weighted by Crippen LogP contribution is -2.44. The summed E-state index contributed by atoms with van der Waals surface area (Å²) >= 11 is 0. The van der Waals surface area contributed by atoms with Crippen LogP contribution >= 0.6 is 0 Å². The van der Waals surface area contributed by atoms with Crippen LogP contribution in [0.4, 0.5) is 4.39 Å². The third-order valence-corrected chi connectivity index (χ3v) is 3.46. The maximum Gasteiger partial charge on any atom is 0.165 e. The van der Waals surface area contributed by atoms with Gasteiger partial charge in [-0.05, 0) is 18.1 Å². The molecule has 1 aliphatic heterocycles. The molecule has 106 valence electrons. The third kappa shape index (κ3) is 3.58. The minimum atomic E-state index is -0.335. The Kier molecular flexibility index (Phi) is 4.99. The molecule has 1 N–H and O–H groups in total. The van der Waals surface area contributed by atoms with Crippen molar-refractivity contribution in [2.45, 2.75) is 6.42 Å². The average molecular weight is 268 g/mol. The predicted molar refractivity (Wildman–Crippen MR) is 72.5 cm³/mol. The van der Waals surface area contributed by atoms with Gasteiger partial charge < -0.3 is 19.7 Å². The summed E-state index contributed by atoms with van der Waals surface area (Å²) < 4.78 is 24.0. The smallest absolute Gasteiger partial charge is 0.165 e. The quantitative estimate of drug-likeness (QED) is 0.872. The molecule has 1 aromatic carbocycles. The SMILES string of the molecule is COc1cc(OC)c(CCN2CCNCC2)cc1F. The highest BCUT2D eigenvalue weighted by molar-refractivity contribution is 5.42. The van der Waals surface area contributed by atoms with Gasteiger partial charge >= 0.3 is 0 Å². The molecule has 1 aliphatic rings. The lowest BCUT2D eigenvalue weighted by molar-refractivity contribution is 0.243. The van der Waals surface area contributed by atoms with Gasteiger partial charge in [0.25, 0.3) is 0 Å². The Morgan fingerprint density at radius 3 is 2.47 bits per heavy atom. The van der Waals surface area contributed by atoms with Crippen LogP contribution in [-0.2, 0) is 6.42 Å². The summed E-state index contributed by atoms with van der Waals surface area (Å²) in [5, 5.41) is 3.32. The van der Waals surface area contributed by atoms with Crippen LogP contribution in [-0.4, -0.2) is 51.8 Å². The lowest BCUT2D eigenvalue weighted by atomic mass is 10.1. The predicted octanol–water partition coefficient (Wildman–Crippen LogP) is 1.29. The molecule has 5 heteroatoms. The van der Waals surface area contributed by atoms with Gasteiger partial charge in [0, 0.05) is 38.8 Å². The molecule has 1 saturated heterocycles. The van der Waals surface area contributed by atoms with Crippen LogP contribution in [0.1, 0.15) is 5.56 Å². The fourth-order valence-electron chi connectivity index (χ4n) is 2.33. The van der Waals surface area contributed by atoms with Crippen molar-refractivity contribution in [2.24, 2.45) is 0 Å². The van der Waals surface area contributed by atoms with E-state index in [9.17, 15) is 4.39 Å². The largest absolute Gasteiger partial charge is 0.496 e. The van der Waals surface area contributed by atoms with E-state index in [0.29, 0.717) is 5.75 Å². The highest BCUT2D eigenvalue weighted by Crippen LogP contribution is 2.28. The van der Waals surface area contributed by atoms with Crippen LogP contribution < -0.4 is 14.8 Å². The Balaban J connectivity index is 2.04. The first-order valence-corrected chi connectivity index (χ1v) is 6.58. The summed E-state index contributed by atoms with van der Waals surface area (Å²) in [5.74, 6) is 0.578. The Morgan fingerprint density at radius 1 is 1.16 bits per heavy atom. The highest BCUT2D eigenvalue weighted by Gasteiger charge is 2.14. The Labute approximate surface area is 113 Å². The van der Waals surface area contributed by atoms with Gasteiger partial charge in [0.05, 0.1) is 14.2 Å². The van der Waals surface area contributed by atoms with Gasteiger partial charge in [-0.25, -0.2) is 4.39 Å². The molecule has 0 spiro atoms. The normalized spacial score (nSPS) is 16.4. The van der Waals surface area contributed by atoms with E-state index in [1.54, 1.807) is 13.2 Å². The molecule has 4 nitrogen and oxygen atoms in total. The number of nitrogens with zero attached hydrogens (tertiary/aromatic N) is 1. The van der Waals surface area contributed by atoms with Crippen LogP contribution in [0.5, 0.6) is 11.5 Å². The number of hydrogen-bond acceptors (Lipinski definition) is 4. The molecule has 19 heavy (non-hydrogen) atoms. The highest BCUT2D eigenvalue weighted by atomic mass is 19.1. The van der Waals surface area contributed by atoms with E-state index in [0.717, 1.165) is 44.7 Å². The van der Waals surface area contributed by atoms with Gasteiger partial charge in [-0.3, -0.25) is 0 Å². The molecule has 0 aliphatic carbocycles. The van der Waals surface area contributed by atoms with Gasteiger partial charge in [-0.15, -0.1) is 0 Å². The van der Waals surface area contributed by atoms with Crippen LogP contribution in [0.2, 0.25) is 0 Å². The summed E-state index contributed by atoms with van der Waals surface area (Å²) in [6.45, 7) is 5.05. The Bertz CT molecular complexity index is 420. The number of rotatable bonds is 5. The zero-order chi connectivity index (χ0) is 13.7. The van der Waals surface area contributed by atoms with Crippen molar-refractivity contribution in [3.63, 3.8) is 0 Å². The van der Waals surface area contributed by atoms with E-state index in [4.69, 9.17) is 9.47 Å². The Hall–Kier alpha value is -1.33. The Morgan fingerprint density at radius 2 is 1.84 bits per heavy atom. The second-order valence-corrected chi connectivity index (χ2v) is 4.64. The van der Waals surface area contributed by atoms with Gasteiger partial charge in [0.1, 0.15) is 5.75 Å². The van der Waals surface area contributed by atoms with Crippen molar-refractivity contribution >= 4 is 0 Å². The minimum absolute atomic E-state index is 0.225. The summed E-state index contributed by atoms with van der Waals surface area (Å²) in [6, 6.07) is 3.13. The van der Waals surface area contributed by atoms with Crippen LogP contribution in [0.3, 0.4) is 0 Å². The van der Waals surface area contributed by atoms with Crippen molar-refractivity contribution in [2.75, 3.05) is 46.9 Å². The number of nitrogens with one attached hydrogen (secondary N) is 1. The molecule has 0 unspecified atom stereocenters. The summed E-state index contributed by atoms with van der Waals surface area (Å²) in [7, 11) is 3.05. The maximum atomic E-state index is 13.7. The van der Waals surface area contributed by atoms with E-state index in [1.807, 2.05) is 0 Å². The van der Waals surface area contributed by atoms with Gasteiger partial charge in [0.15, 0.2) is 11.6 Å². The summed E-state index contributed by atoms with van der Waals surface area (Å²) in [5.41, 5.74) is 0.888. The molecule has 1 aromatic rings. The summed E-state index contributed by atoms with van der Waals surface area (Å²) in [6.07, 6.45) is 0.782. The number of ether oxygens (including phenoxy) is 2. The molecule has 1 fully saturated rings. The fraction of sp³-hybridized carbons (Fsp3) is 0.571. The molecular weight excluding hydrogens is 247 g/mol. The van der Waals surface area contributed by atoms with Crippen LogP contribution in [0.15, 0.2) is 12.1 Å².